The molecule has 0 aliphatic rings. The van der Waals surface area contributed by atoms with Crippen LogP contribution in [0.4, 0.5) is 16.2 Å². The van der Waals surface area contributed by atoms with Crippen molar-refractivity contribution in [2.24, 2.45) is 0 Å². The van der Waals surface area contributed by atoms with E-state index < -0.39 is 0 Å². The zero-order valence-electron chi connectivity index (χ0n) is 15.8. The third-order valence-electron chi connectivity index (χ3n) is 4.31. The van der Waals surface area contributed by atoms with E-state index in [-0.39, 0.29) is 11.9 Å². The summed E-state index contributed by atoms with van der Waals surface area (Å²) in [5, 5.41) is 8.41. The molecule has 6 nitrogen and oxygen atoms in total. The van der Waals surface area contributed by atoms with Crippen LogP contribution in [-0.2, 0) is 4.79 Å². The maximum absolute atomic E-state index is 12.3. The van der Waals surface area contributed by atoms with E-state index in [0.29, 0.717) is 17.8 Å². The Hall–Kier alpha value is -3.67. The molecule has 142 valence electrons. The molecule has 28 heavy (non-hydrogen) atoms. The van der Waals surface area contributed by atoms with E-state index in [4.69, 9.17) is 0 Å². The van der Waals surface area contributed by atoms with Gasteiger partial charge in [-0.05, 0) is 11.6 Å². The van der Waals surface area contributed by atoms with Gasteiger partial charge in [0.05, 0.1) is 11.4 Å². The molecule has 1 heterocycles. The molecule has 0 fully saturated rings. The molecule has 0 aliphatic carbocycles. The molecule has 0 bridgehead atoms. The number of hydrogen-bond donors (Lipinski definition) is 3. The SMILES string of the molecule is CCC(=O)Nc1c(-c2ccccc2)ccc(-c2cccnc2)c1NC(=O)NC. The minimum atomic E-state index is -0.373. The van der Waals surface area contributed by atoms with Crippen molar-refractivity contribution in [3.05, 3.63) is 67.0 Å². The van der Waals surface area contributed by atoms with Crippen LogP contribution in [0, 0.1) is 0 Å². The topological polar surface area (TPSA) is 83.1 Å². The number of rotatable bonds is 5. The van der Waals surface area contributed by atoms with Crippen LogP contribution >= 0.6 is 0 Å². The second kappa shape index (κ2) is 8.81. The van der Waals surface area contributed by atoms with Gasteiger partial charge in [0.25, 0.3) is 0 Å². The van der Waals surface area contributed by atoms with Crippen LogP contribution in [0.2, 0.25) is 0 Å². The molecule has 0 aliphatic heterocycles. The molecule has 0 unspecified atom stereocenters. The molecular weight excluding hydrogens is 352 g/mol. The predicted octanol–water partition coefficient (Wildman–Crippen LogP) is 4.52. The Kier molecular flexibility index (Phi) is 6.01. The minimum absolute atomic E-state index is 0.138. The number of carbonyl (C=O) groups is 2. The normalized spacial score (nSPS) is 10.2. The quantitative estimate of drug-likeness (QED) is 0.614. The zero-order chi connectivity index (χ0) is 19.9. The van der Waals surface area contributed by atoms with Crippen molar-refractivity contribution in [3.63, 3.8) is 0 Å². The highest BCUT2D eigenvalue weighted by atomic mass is 16.2. The predicted molar refractivity (Wildman–Crippen MR) is 112 cm³/mol. The number of carbonyl (C=O) groups excluding carboxylic acids is 2. The molecular formula is C22H22N4O2. The molecule has 0 saturated carbocycles. The molecule has 0 spiro atoms. The van der Waals surface area contributed by atoms with Crippen LogP contribution in [0.1, 0.15) is 13.3 Å². The van der Waals surface area contributed by atoms with Crippen LogP contribution in [0.15, 0.2) is 67.0 Å². The summed E-state index contributed by atoms with van der Waals surface area (Å²) in [5.74, 6) is -0.138. The van der Waals surface area contributed by atoms with Gasteiger partial charge >= 0.3 is 6.03 Å². The first-order chi connectivity index (χ1) is 13.6. The van der Waals surface area contributed by atoms with Gasteiger partial charge in [0.2, 0.25) is 5.91 Å². The number of nitrogens with one attached hydrogen (secondary N) is 3. The Bertz CT molecular complexity index is 892. The van der Waals surface area contributed by atoms with Gasteiger partial charge in [0.1, 0.15) is 0 Å². The Morgan fingerprint density at radius 1 is 0.857 bits per heavy atom. The van der Waals surface area contributed by atoms with E-state index in [0.717, 1.165) is 22.3 Å². The van der Waals surface area contributed by atoms with Crippen LogP contribution < -0.4 is 16.0 Å². The first kappa shape index (κ1) is 19.1. The molecule has 3 aromatic rings. The van der Waals surface area contributed by atoms with Crippen LogP contribution in [-0.4, -0.2) is 24.0 Å². The Morgan fingerprint density at radius 2 is 1.50 bits per heavy atom. The monoisotopic (exact) mass is 374 g/mol. The molecule has 0 saturated heterocycles. The van der Waals surface area contributed by atoms with Crippen molar-refractivity contribution < 1.29 is 9.59 Å². The van der Waals surface area contributed by atoms with Crippen molar-refractivity contribution in [2.75, 3.05) is 17.7 Å². The lowest BCUT2D eigenvalue weighted by Crippen LogP contribution is -2.26. The largest absolute Gasteiger partial charge is 0.341 e. The maximum Gasteiger partial charge on any atom is 0.319 e. The standard InChI is InChI=1S/C22H22N4O2/c1-3-19(27)25-20-17(15-8-5-4-6-9-15)11-12-18(16-10-7-13-24-14-16)21(20)26-22(28)23-2/h4-14H,3H2,1-2H3,(H,25,27)(H2,23,26,28). The van der Waals surface area contributed by atoms with Crippen molar-refractivity contribution in [3.8, 4) is 22.3 Å². The summed E-state index contributed by atoms with van der Waals surface area (Å²) in [6.45, 7) is 1.79. The van der Waals surface area contributed by atoms with Gasteiger partial charge in [-0.3, -0.25) is 9.78 Å². The minimum Gasteiger partial charge on any atom is -0.341 e. The fourth-order valence-corrected chi connectivity index (χ4v) is 2.89. The van der Waals surface area contributed by atoms with Crippen LogP contribution in [0.5, 0.6) is 0 Å². The zero-order valence-corrected chi connectivity index (χ0v) is 15.8. The third kappa shape index (κ3) is 4.17. The van der Waals surface area contributed by atoms with Gasteiger partial charge in [-0.25, -0.2) is 4.79 Å². The van der Waals surface area contributed by atoms with E-state index in [1.165, 1.54) is 0 Å². The number of aromatic nitrogens is 1. The molecule has 0 atom stereocenters. The number of pyridine rings is 1. The average molecular weight is 374 g/mol. The van der Waals surface area contributed by atoms with Gasteiger partial charge in [-0.2, -0.15) is 0 Å². The van der Waals surface area contributed by atoms with Crippen molar-refractivity contribution >= 4 is 23.3 Å². The number of benzene rings is 2. The Morgan fingerprint density at radius 3 is 2.11 bits per heavy atom. The van der Waals surface area contributed by atoms with E-state index in [1.807, 2.05) is 54.6 Å². The lowest BCUT2D eigenvalue weighted by atomic mass is 9.96. The van der Waals surface area contributed by atoms with Crippen molar-refractivity contribution in [2.45, 2.75) is 13.3 Å². The Labute approximate surface area is 164 Å². The van der Waals surface area contributed by atoms with Crippen molar-refractivity contribution in [1.82, 2.24) is 10.3 Å². The van der Waals surface area contributed by atoms with E-state index in [2.05, 4.69) is 20.9 Å². The highest BCUT2D eigenvalue weighted by molar-refractivity contribution is 6.08. The van der Waals surface area contributed by atoms with Gasteiger partial charge in [-0.15, -0.1) is 0 Å². The first-order valence-corrected chi connectivity index (χ1v) is 9.05. The van der Waals surface area contributed by atoms with Crippen LogP contribution in [0.25, 0.3) is 22.3 Å². The van der Waals surface area contributed by atoms with Gasteiger partial charge < -0.3 is 16.0 Å². The molecule has 6 heteroatoms. The molecule has 3 N–H and O–H groups in total. The van der Waals surface area contributed by atoms with Crippen LogP contribution in [0.3, 0.4) is 0 Å². The lowest BCUT2D eigenvalue weighted by Gasteiger charge is -2.20. The lowest BCUT2D eigenvalue weighted by molar-refractivity contribution is -0.115. The second-order valence-electron chi connectivity index (χ2n) is 6.12. The smallest absolute Gasteiger partial charge is 0.319 e. The van der Waals surface area contributed by atoms with Gasteiger partial charge in [0.15, 0.2) is 0 Å². The number of nitrogens with zero attached hydrogens (tertiary/aromatic N) is 1. The first-order valence-electron chi connectivity index (χ1n) is 9.05. The highest BCUT2D eigenvalue weighted by Crippen LogP contribution is 2.41. The number of hydrogen-bond acceptors (Lipinski definition) is 3. The molecule has 1 aromatic heterocycles. The van der Waals surface area contributed by atoms with E-state index in [9.17, 15) is 9.59 Å². The fourth-order valence-electron chi connectivity index (χ4n) is 2.89. The molecule has 2 aromatic carbocycles. The summed E-state index contributed by atoms with van der Waals surface area (Å²) < 4.78 is 0. The Balaban J connectivity index is 2.26. The number of urea groups is 1. The number of anilines is 2. The van der Waals surface area contributed by atoms with Crippen molar-refractivity contribution in [1.29, 1.82) is 0 Å². The van der Waals surface area contributed by atoms with E-state index in [1.54, 1.807) is 26.4 Å². The second-order valence-corrected chi connectivity index (χ2v) is 6.12. The highest BCUT2D eigenvalue weighted by Gasteiger charge is 2.19. The summed E-state index contributed by atoms with van der Waals surface area (Å²) >= 11 is 0. The van der Waals surface area contributed by atoms with E-state index >= 15 is 0 Å². The summed E-state index contributed by atoms with van der Waals surface area (Å²) in [7, 11) is 1.55. The maximum atomic E-state index is 12.3. The fraction of sp³-hybridized carbons (Fsp3) is 0.136. The average Bonchev–Trinajstić information content (AvgIpc) is 2.75. The summed E-state index contributed by atoms with van der Waals surface area (Å²) in [4.78, 5) is 28.6. The number of amides is 3. The summed E-state index contributed by atoms with van der Waals surface area (Å²) in [6, 6.07) is 16.9. The summed E-state index contributed by atoms with van der Waals surface area (Å²) in [5.41, 5.74) is 4.44. The summed E-state index contributed by atoms with van der Waals surface area (Å²) in [6.07, 6.45) is 3.73. The molecule has 3 amide bonds. The third-order valence-corrected chi connectivity index (χ3v) is 4.31. The van der Waals surface area contributed by atoms with Gasteiger partial charge in [-0.1, -0.05) is 55.5 Å². The van der Waals surface area contributed by atoms with Gasteiger partial charge in [0, 0.05) is 42.6 Å². The molecule has 0 radical (unpaired) electrons. The molecule has 3 rings (SSSR count).